The standard InChI is InChI=1S/C18H18N2O2/c19-9-8-14-12-20-17-7-6-15(11-16(14)17)22-18(21)10-13-4-2-1-3-5-13/h1-7,11-12,20H,8-10,19H2. The summed E-state index contributed by atoms with van der Waals surface area (Å²) < 4.78 is 5.44. The van der Waals surface area contributed by atoms with Gasteiger partial charge in [-0.05, 0) is 42.3 Å². The zero-order valence-electron chi connectivity index (χ0n) is 12.2. The first-order valence-electron chi connectivity index (χ1n) is 7.31. The molecule has 2 aromatic carbocycles. The summed E-state index contributed by atoms with van der Waals surface area (Å²) in [4.78, 5) is 15.2. The zero-order valence-corrected chi connectivity index (χ0v) is 12.2. The van der Waals surface area contributed by atoms with Crippen LogP contribution in [0, 0.1) is 0 Å². The van der Waals surface area contributed by atoms with Crippen LogP contribution < -0.4 is 10.5 Å². The molecule has 0 aliphatic rings. The van der Waals surface area contributed by atoms with Crippen molar-refractivity contribution in [3.05, 3.63) is 65.9 Å². The molecule has 4 heteroatoms. The van der Waals surface area contributed by atoms with Crippen LogP contribution in [0.4, 0.5) is 0 Å². The number of fused-ring (bicyclic) bond motifs is 1. The van der Waals surface area contributed by atoms with E-state index in [1.807, 2.05) is 48.7 Å². The van der Waals surface area contributed by atoms with Gasteiger partial charge in [0.25, 0.3) is 0 Å². The van der Waals surface area contributed by atoms with Crippen molar-refractivity contribution in [2.75, 3.05) is 6.54 Å². The third kappa shape index (κ3) is 3.18. The highest BCUT2D eigenvalue weighted by atomic mass is 16.5. The Morgan fingerprint density at radius 3 is 2.73 bits per heavy atom. The highest BCUT2D eigenvalue weighted by molar-refractivity contribution is 5.85. The number of rotatable bonds is 5. The minimum atomic E-state index is -0.263. The largest absolute Gasteiger partial charge is 0.426 e. The van der Waals surface area contributed by atoms with E-state index in [4.69, 9.17) is 10.5 Å². The molecule has 0 spiro atoms. The number of carbonyl (C=O) groups is 1. The molecule has 1 heterocycles. The lowest BCUT2D eigenvalue weighted by molar-refractivity contribution is -0.133. The Morgan fingerprint density at radius 2 is 1.95 bits per heavy atom. The fourth-order valence-corrected chi connectivity index (χ4v) is 2.51. The minimum Gasteiger partial charge on any atom is -0.426 e. The van der Waals surface area contributed by atoms with Gasteiger partial charge in [-0.25, -0.2) is 0 Å². The number of hydrogen-bond acceptors (Lipinski definition) is 3. The van der Waals surface area contributed by atoms with Crippen LogP contribution in [0.25, 0.3) is 10.9 Å². The first-order valence-corrected chi connectivity index (χ1v) is 7.31. The molecule has 0 aliphatic heterocycles. The topological polar surface area (TPSA) is 68.1 Å². The van der Waals surface area contributed by atoms with Crippen molar-refractivity contribution in [1.82, 2.24) is 4.98 Å². The van der Waals surface area contributed by atoms with Gasteiger partial charge >= 0.3 is 5.97 Å². The van der Waals surface area contributed by atoms with Crippen molar-refractivity contribution < 1.29 is 9.53 Å². The lowest BCUT2D eigenvalue weighted by Gasteiger charge is -2.05. The SMILES string of the molecule is NCCc1c[nH]c2ccc(OC(=O)Cc3ccccc3)cc12. The summed E-state index contributed by atoms with van der Waals surface area (Å²) in [7, 11) is 0. The average molecular weight is 294 g/mol. The smallest absolute Gasteiger partial charge is 0.315 e. The Bertz CT molecular complexity index is 778. The molecule has 0 aliphatic carbocycles. The van der Waals surface area contributed by atoms with Gasteiger partial charge in [0.2, 0.25) is 0 Å². The fourth-order valence-electron chi connectivity index (χ4n) is 2.51. The molecule has 0 atom stereocenters. The molecule has 0 radical (unpaired) electrons. The summed E-state index contributed by atoms with van der Waals surface area (Å²) in [6, 6.07) is 15.2. The van der Waals surface area contributed by atoms with Crippen LogP contribution in [-0.2, 0) is 17.6 Å². The van der Waals surface area contributed by atoms with Crippen LogP contribution in [0.3, 0.4) is 0 Å². The predicted molar refractivity (Wildman–Crippen MR) is 86.8 cm³/mol. The van der Waals surface area contributed by atoms with Crippen LogP contribution in [0.2, 0.25) is 0 Å². The van der Waals surface area contributed by atoms with Crippen molar-refractivity contribution in [3.63, 3.8) is 0 Å². The average Bonchev–Trinajstić information content (AvgIpc) is 2.91. The second kappa shape index (κ2) is 6.45. The third-order valence-corrected chi connectivity index (χ3v) is 3.58. The second-order valence-electron chi connectivity index (χ2n) is 5.20. The van der Waals surface area contributed by atoms with E-state index >= 15 is 0 Å². The Balaban J connectivity index is 1.75. The normalized spacial score (nSPS) is 10.8. The van der Waals surface area contributed by atoms with Crippen LogP contribution in [0.5, 0.6) is 5.75 Å². The van der Waals surface area contributed by atoms with Crippen molar-refractivity contribution in [2.24, 2.45) is 5.73 Å². The van der Waals surface area contributed by atoms with Crippen LogP contribution in [0.1, 0.15) is 11.1 Å². The number of aromatic amines is 1. The Morgan fingerprint density at radius 1 is 1.14 bits per heavy atom. The number of ether oxygens (including phenoxy) is 1. The monoisotopic (exact) mass is 294 g/mol. The van der Waals surface area contributed by atoms with Gasteiger partial charge in [-0.2, -0.15) is 0 Å². The number of aromatic nitrogens is 1. The Labute approximate surface area is 128 Å². The Kier molecular flexibility index (Phi) is 4.21. The minimum absolute atomic E-state index is 0.263. The molecule has 0 fully saturated rings. The Hall–Kier alpha value is -2.59. The van der Waals surface area contributed by atoms with Gasteiger partial charge in [-0.1, -0.05) is 30.3 Å². The molecule has 1 aromatic heterocycles. The molecule has 22 heavy (non-hydrogen) atoms. The van der Waals surface area contributed by atoms with Crippen LogP contribution in [-0.4, -0.2) is 17.5 Å². The fraction of sp³-hybridized carbons (Fsp3) is 0.167. The van der Waals surface area contributed by atoms with Crippen molar-refractivity contribution in [2.45, 2.75) is 12.8 Å². The number of nitrogens with two attached hydrogens (primary N) is 1. The molecule has 3 N–H and O–H groups in total. The quantitative estimate of drug-likeness (QED) is 0.561. The van der Waals surface area contributed by atoms with E-state index in [1.165, 1.54) is 0 Å². The van der Waals surface area contributed by atoms with Crippen LogP contribution in [0.15, 0.2) is 54.7 Å². The van der Waals surface area contributed by atoms with Gasteiger partial charge in [0.05, 0.1) is 6.42 Å². The van der Waals surface area contributed by atoms with Gasteiger partial charge in [0.15, 0.2) is 0 Å². The lowest BCUT2D eigenvalue weighted by Crippen LogP contribution is -2.11. The molecular weight excluding hydrogens is 276 g/mol. The summed E-state index contributed by atoms with van der Waals surface area (Å²) in [6.45, 7) is 0.588. The number of nitrogens with one attached hydrogen (secondary N) is 1. The van der Waals surface area contributed by atoms with E-state index < -0.39 is 0 Å². The predicted octanol–water partition coefficient (Wildman–Crippen LogP) is 2.82. The van der Waals surface area contributed by atoms with E-state index in [0.29, 0.717) is 12.3 Å². The second-order valence-corrected chi connectivity index (χ2v) is 5.20. The first kappa shape index (κ1) is 14.4. The first-order chi connectivity index (χ1) is 10.8. The molecule has 0 saturated heterocycles. The molecular formula is C18H18N2O2. The maximum atomic E-state index is 12.0. The number of benzene rings is 2. The highest BCUT2D eigenvalue weighted by Gasteiger charge is 2.09. The molecule has 0 bridgehead atoms. The van der Waals surface area contributed by atoms with E-state index in [-0.39, 0.29) is 12.4 Å². The van der Waals surface area contributed by atoms with E-state index in [9.17, 15) is 4.79 Å². The molecule has 3 rings (SSSR count). The van der Waals surface area contributed by atoms with Crippen LogP contribution >= 0.6 is 0 Å². The molecule has 0 saturated carbocycles. The summed E-state index contributed by atoms with van der Waals surface area (Å²) >= 11 is 0. The summed E-state index contributed by atoms with van der Waals surface area (Å²) in [5.41, 5.74) is 8.72. The van der Waals surface area contributed by atoms with E-state index in [1.54, 1.807) is 6.07 Å². The molecule has 112 valence electrons. The summed E-state index contributed by atoms with van der Waals surface area (Å²) in [5.74, 6) is 0.299. The lowest BCUT2D eigenvalue weighted by atomic mass is 10.1. The number of hydrogen-bond donors (Lipinski definition) is 2. The van der Waals surface area contributed by atoms with Crippen molar-refractivity contribution in [3.8, 4) is 5.75 Å². The molecule has 4 nitrogen and oxygen atoms in total. The van der Waals surface area contributed by atoms with E-state index in [0.717, 1.165) is 28.5 Å². The van der Waals surface area contributed by atoms with Gasteiger partial charge in [0, 0.05) is 17.1 Å². The molecule has 3 aromatic rings. The highest BCUT2D eigenvalue weighted by Crippen LogP contribution is 2.24. The summed E-state index contributed by atoms with van der Waals surface area (Å²) in [5, 5.41) is 1.05. The number of esters is 1. The van der Waals surface area contributed by atoms with Gasteiger partial charge in [-0.3, -0.25) is 4.79 Å². The van der Waals surface area contributed by atoms with Gasteiger partial charge in [0.1, 0.15) is 5.75 Å². The number of H-pyrrole nitrogens is 1. The molecule has 0 unspecified atom stereocenters. The number of carbonyl (C=O) groups excluding carboxylic acids is 1. The van der Waals surface area contributed by atoms with Crippen molar-refractivity contribution >= 4 is 16.9 Å². The zero-order chi connectivity index (χ0) is 15.4. The molecule has 0 amide bonds. The van der Waals surface area contributed by atoms with E-state index in [2.05, 4.69) is 4.98 Å². The maximum Gasteiger partial charge on any atom is 0.315 e. The van der Waals surface area contributed by atoms with Crippen molar-refractivity contribution in [1.29, 1.82) is 0 Å². The van der Waals surface area contributed by atoms with Gasteiger partial charge in [-0.15, -0.1) is 0 Å². The maximum absolute atomic E-state index is 12.0. The summed E-state index contributed by atoms with van der Waals surface area (Å²) in [6.07, 6.45) is 3.01. The van der Waals surface area contributed by atoms with Gasteiger partial charge < -0.3 is 15.5 Å². The third-order valence-electron chi connectivity index (χ3n) is 3.58.